The van der Waals surface area contributed by atoms with Gasteiger partial charge in [0.25, 0.3) is 0 Å². The molecule has 1 rings (SSSR count). The average Bonchev–Trinajstić information content (AvgIpc) is 2.53. The summed E-state index contributed by atoms with van der Waals surface area (Å²) >= 11 is -2.43. The number of nitrogens with zero attached hydrogens (tertiary/aromatic N) is 1. The first-order valence-corrected chi connectivity index (χ1v) is 17.5. The van der Waals surface area contributed by atoms with Crippen LogP contribution in [-0.2, 0) is 0 Å². The Morgan fingerprint density at radius 1 is 0.875 bits per heavy atom. The van der Waals surface area contributed by atoms with Gasteiger partial charge >= 0.3 is 155 Å². The van der Waals surface area contributed by atoms with Crippen molar-refractivity contribution in [3.63, 3.8) is 0 Å². The van der Waals surface area contributed by atoms with Gasteiger partial charge in [-0.15, -0.1) is 0 Å². The molecular weight excluding hydrogens is 401 g/mol. The van der Waals surface area contributed by atoms with Crippen LogP contribution in [0.2, 0.25) is 13.3 Å². The topological polar surface area (TPSA) is 22.1 Å². The Hall–Kier alpha value is -0.251. The quantitative estimate of drug-likeness (QED) is 0.376. The Morgan fingerprint density at radius 2 is 1.38 bits per heavy atom. The van der Waals surface area contributed by atoms with E-state index in [1.165, 1.54) is 55.5 Å². The molecule has 0 unspecified atom stereocenters. The van der Waals surface area contributed by atoms with Crippen molar-refractivity contribution in [1.82, 2.24) is 4.98 Å². The Balaban J connectivity index is 3.16. The molecule has 0 aromatic carbocycles. The fourth-order valence-electron chi connectivity index (χ4n) is 3.39. The monoisotopic (exact) mass is 441 g/mol. The van der Waals surface area contributed by atoms with Crippen molar-refractivity contribution in [3.8, 4) is 5.88 Å². The van der Waals surface area contributed by atoms with Crippen molar-refractivity contribution in [2.24, 2.45) is 0 Å². The van der Waals surface area contributed by atoms with Crippen LogP contribution in [0, 0.1) is 0 Å². The van der Waals surface area contributed by atoms with Gasteiger partial charge in [0.15, 0.2) is 0 Å². The summed E-state index contributed by atoms with van der Waals surface area (Å²) in [6.45, 7) is 13.3. The molecule has 138 valence electrons. The van der Waals surface area contributed by atoms with Gasteiger partial charge in [-0.25, -0.2) is 0 Å². The van der Waals surface area contributed by atoms with Crippen molar-refractivity contribution >= 4 is 22.1 Å². The average molecular weight is 440 g/mol. The third kappa shape index (κ3) is 7.33. The first-order chi connectivity index (χ1) is 11.4. The molecule has 0 radical (unpaired) electrons. The van der Waals surface area contributed by atoms with Crippen LogP contribution < -0.4 is 8.45 Å². The van der Waals surface area contributed by atoms with Gasteiger partial charge in [0.05, 0.1) is 0 Å². The summed E-state index contributed by atoms with van der Waals surface area (Å²) in [5, 5.41) is 0. The minimum atomic E-state index is -2.43. The molecule has 0 spiro atoms. The van der Waals surface area contributed by atoms with Crippen molar-refractivity contribution < 1.29 is 4.74 Å². The molecule has 0 saturated carbocycles. The second-order valence-corrected chi connectivity index (χ2v) is 21.2. The zero-order valence-electron chi connectivity index (χ0n) is 17.0. The van der Waals surface area contributed by atoms with E-state index in [1.807, 2.05) is 6.07 Å². The van der Waals surface area contributed by atoms with Gasteiger partial charge < -0.3 is 0 Å². The van der Waals surface area contributed by atoms with Crippen LogP contribution in [0.15, 0.2) is 18.2 Å². The van der Waals surface area contributed by atoms with Crippen LogP contribution in [0.4, 0.5) is 0 Å². The van der Waals surface area contributed by atoms with E-state index in [2.05, 4.69) is 53.7 Å². The maximum absolute atomic E-state index is 6.07. The summed E-state index contributed by atoms with van der Waals surface area (Å²) < 4.78 is 11.9. The molecule has 0 aliphatic rings. The van der Waals surface area contributed by atoms with E-state index in [1.54, 1.807) is 0 Å². The third-order valence-corrected chi connectivity index (χ3v) is 19.8. The van der Waals surface area contributed by atoms with Gasteiger partial charge in [0, 0.05) is 0 Å². The van der Waals surface area contributed by atoms with E-state index < -0.39 is 18.4 Å². The molecular formula is C21H39NOSn. The van der Waals surface area contributed by atoms with E-state index in [0.717, 1.165) is 5.88 Å². The second-order valence-electron chi connectivity index (χ2n) is 8.17. The van der Waals surface area contributed by atoms with Gasteiger partial charge in [-0.3, -0.25) is 0 Å². The summed E-state index contributed by atoms with van der Waals surface area (Å²) in [5.74, 6) is 0.825. The number of hydrogen-bond donors (Lipinski definition) is 0. The maximum atomic E-state index is 6.07. The molecule has 1 heterocycles. The van der Waals surface area contributed by atoms with Crippen LogP contribution in [-0.4, -0.2) is 29.0 Å². The van der Waals surface area contributed by atoms with Crippen LogP contribution in [0.25, 0.3) is 0 Å². The SMILES string of the molecule is CCC[CH2][Sn]([CH2]CCC)([CH2]CCC)[c]1cccc(OC(C)(C)C)n1. The fraction of sp³-hybridized carbons (Fsp3) is 0.762. The number of unbranched alkanes of at least 4 members (excludes halogenated alkanes) is 3. The summed E-state index contributed by atoms with van der Waals surface area (Å²) in [6, 6.07) is 6.54. The normalized spacial score (nSPS) is 12.4. The standard InChI is InChI=1S/C9H12NO.3C4H9.Sn/c1-9(2,3)11-8-6-4-5-7-10-8;3*1-3-4-2;/h4-6H,1-3H3;3*1,3-4H2,2H3;. The Labute approximate surface area is 154 Å². The summed E-state index contributed by atoms with van der Waals surface area (Å²) in [7, 11) is 0. The van der Waals surface area contributed by atoms with Gasteiger partial charge in [-0.1, -0.05) is 0 Å². The summed E-state index contributed by atoms with van der Waals surface area (Å²) in [6.07, 6.45) is 8.01. The molecule has 0 fully saturated rings. The first-order valence-electron chi connectivity index (χ1n) is 10.0. The van der Waals surface area contributed by atoms with Gasteiger partial charge in [-0.2, -0.15) is 0 Å². The number of hydrogen-bond acceptors (Lipinski definition) is 2. The Kier molecular flexibility index (Phi) is 9.69. The molecule has 0 saturated heterocycles. The summed E-state index contributed by atoms with van der Waals surface area (Å²) in [5.41, 5.74) is -0.180. The van der Waals surface area contributed by atoms with Crippen molar-refractivity contribution in [3.05, 3.63) is 18.2 Å². The molecule has 0 atom stereocenters. The van der Waals surface area contributed by atoms with Gasteiger partial charge in [0.2, 0.25) is 0 Å². The van der Waals surface area contributed by atoms with E-state index in [4.69, 9.17) is 9.72 Å². The number of aromatic nitrogens is 1. The number of pyridine rings is 1. The van der Waals surface area contributed by atoms with Gasteiger partial charge in [-0.05, 0) is 0 Å². The first kappa shape index (κ1) is 21.8. The van der Waals surface area contributed by atoms with E-state index >= 15 is 0 Å². The van der Waals surface area contributed by atoms with Crippen molar-refractivity contribution in [1.29, 1.82) is 0 Å². The molecule has 3 heteroatoms. The molecule has 0 bridgehead atoms. The van der Waals surface area contributed by atoms with E-state index in [-0.39, 0.29) is 5.60 Å². The number of rotatable bonds is 11. The van der Waals surface area contributed by atoms with Gasteiger partial charge in [0.1, 0.15) is 0 Å². The summed E-state index contributed by atoms with van der Waals surface area (Å²) in [4.78, 5) is 5.06. The van der Waals surface area contributed by atoms with E-state index in [9.17, 15) is 0 Å². The molecule has 2 nitrogen and oxygen atoms in total. The molecule has 24 heavy (non-hydrogen) atoms. The molecule has 0 N–H and O–H groups in total. The third-order valence-electron chi connectivity index (χ3n) is 4.70. The predicted octanol–water partition coefficient (Wildman–Crippen LogP) is 6.32. The number of ether oxygens (including phenoxy) is 1. The molecule has 1 aromatic rings. The van der Waals surface area contributed by atoms with Crippen LogP contribution in [0.1, 0.15) is 80.1 Å². The van der Waals surface area contributed by atoms with Crippen molar-refractivity contribution in [2.75, 3.05) is 0 Å². The van der Waals surface area contributed by atoms with E-state index in [0.29, 0.717) is 0 Å². The Bertz CT molecular complexity index is 445. The molecule has 0 amide bonds. The predicted molar refractivity (Wildman–Crippen MR) is 109 cm³/mol. The van der Waals surface area contributed by atoms with Crippen LogP contribution in [0.3, 0.4) is 0 Å². The Morgan fingerprint density at radius 3 is 1.79 bits per heavy atom. The van der Waals surface area contributed by atoms with Crippen molar-refractivity contribution in [2.45, 2.75) is 99.0 Å². The zero-order valence-corrected chi connectivity index (χ0v) is 19.8. The minimum absolute atomic E-state index is 0.180. The molecule has 0 aliphatic carbocycles. The van der Waals surface area contributed by atoms with Crippen LogP contribution >= 0.6 is 0 Å². The molecule has 1 aromatic heterocycles. The fourth-order valence-corrected chi connectivity index (χ4v) is 18.8. The second kappa shape index (κ2) is 10.7. The zero-order chi connectivity index (χ0) is 18.1. The molecule has 0 aliphatic heterocycles. The van der Waals surface area contributed by atoms with Crippen LogP contribution in [0.5, 0.6) is 5.88 Å².